The van der Waals surface area contributed by atoms with Crippen molar-refractivity contribution in [3.8, 4) is 0 Å². The molecule has 0 spiro atoms. The van der Waals surface area contributed by atoms with Crippen molar-refractivity contribution >= 4 is 28.6 Å². The molecule has 1 aliphatic rings. The summed E-state index contributed by atoms with van der Waals surface area (Å²) in [5, 5.41) is 0.747. The van der Waals surface area contributed by atoms with Crippen LogP contribution in [-0.2, 0) is 0 Å². The fraction of sp³-hybridized carbons (Fsp3) is 0.500. The zero-order valence-electron chi connectivity index (χ0n) is 10.7. The minimum atomic E-state index is -0.187. The number of hydrogen-bond acceptors (Lipinski definition) is 6. The number of aliphatic imine (C=N–C) groups is 1. The van der Waals surface area contributed by atoms with E-state index in [-0.39, 0.29) is 23.7 Å². The van der Waals surface area contributed by atoms with E-state index in [4.69, 9.17) is 0 Å². The molecule has 96 valence electrons. The van der Waals surface area contributed by atoms with Crippen molar-refractivity contribution < 1.29 is 9.59 Å². The molecule has 1 heterocycles. The molecule has 0 amide bonds. The summed E-state index contributed by atoms with van der Waals surface area (Å²) in [6, 6.07) is 0. The largest absolute Gasteiger partial charge is 0.308 e. The number of aromatic nitrogens is 1. The molecule has 0 fully saturated rings. The lowest BCUT2D eigenvalue weighted by atomic mass is 9.98. The second-order valence-corrected chi connectivity index (χ2v) is 5.67. The van der Waals surface area contributed by atoms with Gasteiger partial charge in [-0.1, -0.05) is 0 Å². The highest BCUT2D eigenvalue weighted by atomic mass is 32.1. The zero-order chi connectivity index (χ0) is 13.3. The maximum Gasteiger partial charge on any atom is 0.227 e. The van der Waals surface area contributed by atoms with E-state index in [1.165, 1.54) is 11.3 Å². The summed E-state index contributed by atoms with van der Waals surface area (Å²) in [6.07, 6.45) is 0.112. The first kappa shape index (κ1) is 13.0. The fourth-order valence-corrected chi connectivity index (χ4v) is 2.59. The number of ketones is 2. The predicted octanol–water partition coefficient (Wildman–Crippen LogP) is 1.22. The molecule has 0 atom stereocenters. The van der Waals surface area contributed by atoms with Gasteiger partial charge in [0.15, 0.2) is 5.78 Å². The van der Waals surface area contributed by atoms with Crippen LogP contribution in [-0.4, -0.2) is 54.3 Å². The van der Waals surface area contributed by atoms with Crippen molar-refractivity contribution in [1.82, 2.24) is 9.88 Å². The van der Waals surface area contributed by atoms with Gasteiger partial charge in [0.05, 0.1) is 23.7 Å². The third-order valence-electron chi connectivity index (χ3n) is 2.64. The number of carbonyl (C=O) groups excluding carboxylic acids is 2. The number of carbonyl (C=O) groups is 2. The summed E-state index contributed by atoms with van der Waals surface area (Å²) in [6.45, 7) is 3.08. The molecular weight excluding hydrogens is 250 g/mol. The van der Waals surface area contributed by atoms with E-state index in [0.717, 1.165) is 11.6 Å². The average Bonchev–Trinajstić information content (AvgIpc) is 2.67. The molecule has 0 radical (unpaired) electrons. The number of thiazole rings is 1. The van der Waals surface area contributed by atoms with Crippen molar-refractivity contribution in [3.05, 3.63) is 15.6 Å². The minimum Gasteiger partial charge on any atom is -0.308 e. The highest BCUT2D eigenvalue weighted by Gasteiger charge is 2.32. The standard InChI is InChI=1S/C12H15N3O2S/c1-7-14-10-11(17)8(13-4-5-15(2)3)6-9(16)12(10)18-7/h4-6H2,1-3H3. The topological polar surface area (TPSA) is 62.6 Å². The molecule has 2 rings (SSSR count). The van der Waals surface area contributed by atoms with Crippen LogP contribution >= 0.6 is 11.3 Å². The maximum absolute atomic E-state index is 12.1. The van der Waals surface area contributed by atoms with Gasteiger partial charge in [-0.15, -0.1) is 11.3 Å². The molecule has 0 aromatic carbocycles. The third-order valence-corrected chi connectivity index (χ3v) is 3.65. The Balaban J connectivity index is 2.23. The summed E-state index contributed by atoms with van der Waals surface area (Å²) in [5.41, 5.74) is 0.636. The molecular formula is C12H15N3O2S. The first-order valence-corrected chi connectivity index (χ1v) is 6.54. The lowest BCUT2D eigenvalue weighted by Crippen LogP contribution is -2.27. The van der Waals surface area contributed by atoms with Crippen LogP contribution in [0.25, 0.3) is 0 Å². The SMILES string of the molecule is Cc1nc2c(s1)C(=O)CC(=NCCN(C)C)C2=O. The van der Waals surface area contributed by atoms with Gasteiger partial charge in [0, 0.05) is 6.54 Å². The molecule has 0 saturated heterocycles. The quantitative estimate of drug-likeness (QED) is 0.824. The number of likely N-dealkylation sites (N-methyl/N-ethyl adjacent to an activating group) is 1. The monoisotopic (exact) mass is 265 g/mol. The Bertz CT molecular complexity index is 531. The molecule has 1 aliphatic carbocycles. The van der Waals surface area contributed by atoms with E-state index < -0.39 is 0 Å². The molecule has 0 unspecified atom stereocenters. The van der Waals surface area contributed by atoms with Gasteiger partial charge in [0.2, 0.25) is 5.78 Å². The van der Waals surface area contributed by atoms with Gasteiger partial charge in [-0.2, -0.15) is 0 Å². The van der Waals surface area contributed by atoms with Crippen LogP contribution in [0.15, 0.2) is 4.99 Å². The maximum atomic E-state index is 12.1. The summed E-state index contributed by atoms with van der Waals surface area (Å²) >= 11 is 1.29. The van der Waals surface area contributed by atoms with Crippen LogP contribution in [0.4, 0.5) is 0 Å². The van der Waals surface area contributed by atoms with Crippen molar-refractivity contribution in [3.63, 3.8) is 0 Å². The molecule has 0 aliphatic heterocycles. The van der Waals surface area contributed by atoms with E-state index in [9.17, 15) is 9.59 Å². The molecule has 5 nitrogen and oxygen atoms in total. The van der Waals surface area contributed by atoms with Crippen LogP contribution in [0.2, 0.25) is 0 Å². The Morgan fingerprint density at radius 2 is 2.11 bits per heavy atom. The van der Waals surface area contributed by atoms with E-state index in [0.29, 0.717) is 17.1 Å². The number of nitrogens with zero attached hydrogens (tertiary/aromatic N) is 3. The summed E-state index contributed by atoms with van der Waals surface area (Å²) < 4.78 is 0. The second-order valence-electron chi connectivity index (χ2n) is 4.47. The smallest absolute Gasteiger partial charge is 0.227 e. The van der Waals surface area contributed by atoms with Crippen LogP contribution in [0.1, 0.15) is 31.6 Å². The van der Waals surface area contributed by atoms with Crippen LogP contribution in [0, 0.1) is 6.92 Å². The lowest BCUT2D eigenvalue weighted by molar-refractivity contribution is 0.0966. The molecule has 0 bridgehead atoms. The Kier molecular flexibility index (Phi) is 3.68. The van der Waals surface area contributed by atoms with Crippen LogP contribution in [0.5, 0.6) is 0 Å². The summed E-state index contributed by atoms with van der Waals surface area (Å²) in [7, 11) is 3.88. The Labute approximate surface area is 110 Å². The highest BCUT2D eigenvalue weighted by Crippen LogP contribution is 2.25. The third kappa shape index (κ3) is 2.54. The van der Waals surface area contributed by atoms with E-state index in [1.807, 2.05) is 19.0 Å². The van der Waals surface area contributed by atoms with Crippen molar-refractivity contribution in [2.24, 2.45) is 4.99 Å². The van der Waals surface area contributed by atoms with Gasteiger partial charge in [-0.05, 0) is 21.0 Å². The number of hydrogen-bond donors (Lipinski definition) is 0. The van der Waals surface area contributed by atoms with Gasteiger partial charge >= 0.3 is 0 Å². The van der Waals surface area contributed by atoms with E-state index in [1.54, 1.807) is 6.92 Å². The van der Waals surface area contributed by atoms with Crippen molar-refractivity contribution in [2.45, 2.75) is 13.3 Å². The molecule has 1 aromatic rings. The molecule has 6 heteroatoms. The second kappa shape index (κ2) is 5.07. The zero-order valence-corrected chi connectivity index (χ0v) is 11.5. The average molecular weight is 265 g/mol. The van der Waals surface area contributed by atoms with Gasteiger partial charge < -0.3 is 4.90 Å². The number of aryl methyl sites for hydroxylation is 1. The molecule has 0 N–H and O–H groups in total. The summed E-state index contributed by atoms with van der Waals surface area (Å²) in [5.74, 6) is -0.230. The van der Waals surface area contributed by atoms with E-state index >= 15 is 0 Å². The fourth-order valence-electron chi connectivity index (χ4n) is 1.73. The van der Waals surface area contributed by atoms with Gasteiger partial charge in [0.25, 0.3) is 0 Å². The highest BCUT2D eigenvalue weighted by molar-refractivity contribution is 7.14. The molecule has 1 aromatic heterocycles. The number of Topliss-reactive ketones (excluding diaryl/α,β-unsaturated/α-hetero) is 2. The Hall–Kier alpha value is -1.40. The molecule has 0 saturated carbocycles. The Morgan fingerprint density at radius 1 is 1.39 bits per heavy atom. The van der Waals surface area contributed by atoms with Crippen LogP contribution < -0.4 is 0 Å². The first-order chi connectivity index (χ1) is 8.49. The van der Waals surface area contributed by atoms with Crippen molar-refractivity contribution in [1.29, 1.82) is 0 Å². The predicted molar refractivity (Wildman–Crippen MR) is 71.0 cm³/mol. The number of fused-ring (bicyclic) bond motifs is 1. The lowest BCUT2D eigenvalue weighted by Gasteiger charge is -2.11. The van der Waals surface area contributed by atoms with Gasteiger partial charge in [-0.25, -0.2) is 4.98 Å². The normalized spacial score (nSPS) is 17.7. The molecule has 18 heavy (non-hydrogen) atoms. The first-order valence-electron chi connectivity index (χ1n) is 5.72. The minimum absolute atomic E-state index is 0.0428. The van der Waals surface area contributed by atoms with Gasteiger partial charge in [-0.3, -0.25) is 14.6 Å². The van der Waals surface area contributed by atoms with E-state index in [2.05, 4.69) is 9.98 Å². The number of rotatable bonds is 3. The van der Waals surface area contributed by atoms with Gasteiger partial charge in [0.1, 0.15) is 10.6 Å². The van der Waals surface area contributed by atoms with Crippen LogP contribution in [0.3, 0.4) is 0 Å². The summed E-state index contributed by atoms with van der Waals surface area (Å²) in [4.78, 5) is 34.8. The van der Waals surface area contributed by atoms with Crippen molar-refractivity contribution in [2.75, 3.05) is 27.2 Å². The Morgan fingerprint density at radius 3 is 2.78 bits per heavy atom.